The van der Waals surface area contributed by atoms with Gasteiger partial charge in [-0.25, -0.2) is 0 Å². The monoisotopic (exact) mass is 243 g/mol. The Kier molecular flexibility index (Phi) is 6.47. The Morgan fingerprint density at radius 3 is 3.00 bits per heavy atom. The molecule has 0 aromatic rings. The summed E-state index contributed by atoms with van der Waals surface area (Å²) in [6, 6.07) is 0.0863. The van der Waals surface area contributed by atoms with E-state index in [0.29, 0.717) is 19.1 Å². The molecule has 0 bridgehead atoms. The predicted octanol–water partition coefficient (Wildman–Crippen LogP) is -0.321. The standard InChI is InChI=1S/C12H25N3O2/c1-10(9-17-3)14-12(16)8-15-5-4-11(7-15)6-13-2/h10-11,13H,4-9H2,1-3H3,(H,14,16). The van der Waals surface area contributed by atoms with E-state index < -0.39 is 0 Å². The molecule has 5 nitrogen and oxygen atoms in total. The number of hydrogen-bond acceptors (Lipinski definition) is 4. The molecule has 5 heteroatoms. The first-order valence-corrected chi connectivity index (χ1v) is 6.31. The Bertz CT molecular complexity index is 236. The van der Waals surface area contributed by atoms with E-state index >= 15 is 0 Å². The number of carbonyl (C=O) groups is 1. The van der Waals surface area contributed by atoms with Gasteiger partial charge in [0.25, 0.3) is 0 Å². The van der Waals surface area contributed by atoms with E-state index in [1.54, 1.807) is 7.11 Å². The second-order valence-corrected chi connectivity index (χ2v) is 4.87. The van der Waals surface area contributed by atoms with Crippen LogP contribution in [0, 0.1) is 5.92 Å². The lowest BCUT2D eigenvalue weighted by molar-refractivity contribution is -0.123. The number of rotatable bonds is 7. The lowest BCUT2D eigenvalue weighted by Crippen LogP contribution is -2.42. The number of methoxy groups -OCH3 is 1. The molecule has 0 aromatic carbocycles. The minimum atomic E-state index is 0.0863. The van der Waals surface area contributed by atoms with Gasteiger partial charge in [-0.2, -0.15) is 0 Å². The smallest absolute Gasteiger partial charge is 0.234 e. The summed E-state index contributed by atoms with van der Waals surface area (Å²) in [5.41, 5.74) is 0. The van der Waals surface area contributed by atoms with Crippen molar-refractivity contribution in [3.05, 3.63) is 0 Å². The zero-order valence-corrected chi connectivity index (χ0v) is 11.2. The van der Waals surface area contributed by atoms with Crippen LogP contribution in [0.5, 0.6) is 0 Å². The number of likely N-dealkylation sites (tertiary alicyclic amines) is 1. The summed E-state index contributed by atoms with van der Waals surface area (Å²) in [4.78, 5) is 13.9. The molecule has 1 saturated heterocycles. The molecule has 0 aliphatic carbocycles. The quantitative estimate of drug-likeness (QED) is 0.643. The maximum absolute atomic E-state index is 11.7. The first kappa shape index (κ1) is 14.4. The third-order valence-corrected chi connectivity index (χ3v) is 3.05. The fourth-order valence-corrected chi connectivity index (χ4v) is 2.33. The average Bonchev–Trinajstić information content (AvgIpc) is 2.66. The van der Waals surface area contributed by atoms with Gasteiger partial charge >= 0.3 is 0 Å². The minimum Gasteiger partial charge on any atom is -0.383 e. The third-order valence-electron chi connectivity index (χ3n) is 3.05. The van der Waals surface area contributed by atoms with Crippen molar-refractivity contribution in [3.63, 3.8) is 0 Å². The van der Waals surface area contributed by atoms with Crippen molar-refractivity contribution in [2.45, 2.75) is 19.4 Å². The number of carbonyl (C=O) groups excluding carboxylic acids is 1. The third kappa shape index (κ3) is 5.48. The molecule has 1 amide bonds. The number of nitrogens with zero attached hydrogens (tertiary/aromatic N) is 1. The van der Waals surface area contributed by atoms with Crippen molar-refractivity contribution in [3.8, 4) is 0 Å². The first-order valence-electron chi connectivity index (χ1n) is 6.31. The van der Waals surface area contributed by atoms with E-state index in [2.05, 4.69) is 15.5 Å². The molecule has 0 radical (unpaired) electrons. The summed E-state index contributed by atoms with van der Waals surface area (Å²) >= 11 is 0. The predicted molar refractivity (Wildman–Crippen MR) is 68.0 cm³/mol. The molecule has 2 N–H and O–H groups in total. The molecule has 17 heavy (non-hydrogen) atoms. The van der Waals surface area contributed by atoms with E-state index in [1.807, 2.05) is 14.0 Å². The second-order valence-electron chi connectivity index (χ2n) is 4.87. The molecule has 1 aliphatic rings. The zero-order valence-electron chi connectivity index (χ0n) is 11.2. The summed E-state index contributed by atoms with van der Waals surface area (Å²) in [7, 11) is 3.62. The molecule has 2 atom stereocenters. The molecule has 1 heterocycles. The van der Waals surface area contributed by atoms with Gasteiger partial charge in [0.05, 0.1) is 13.2 Å². The average molecular weight is 243 g/mol. The number of hydrogen-bond donors (Lipinski definition) is 2. The van der Waals surface area contributed by atoms with Gasteiger partial charge in [-0.05, 0) is 39.4 Å². The Labute approximate surface area is 104 Å². The van der Waals surface area contributed by atoms with Crippen molar-refractivity contribution in [1.29, 1.82) is 0 Å². The fourth-order valence-electron chi connectivity index (χ4n) is 2.33. The van der Waals surface area contributed by atoms with Crippen LogP contribution in [0.1, 0.15) is 13.3 Å². The minimum absolute atomic E-state index is 0.0863. The molecule has 1 rings (SSSR count). The van der Waals surface area contributed by atoms with Crippen molar-refractivity contribution in [2.75, 3.05) is 46.9 Å². The van der Waals surface area contributed by atoms with E-state index in [1.165, 1.54) is 6.42 Å². The van der Waals surface area contributed by atoms with Crippen LogP contribution in [0.25, 0.3) is 0 Å². The molecule has 0 spiro atoms. The number of nitrogens with one attached hydrogen (secondary N) is 2. The highest BCUT2D eigenvalue weighted by Crippen LogP contribution is 2.14. The van der Waals surface area contributed by atoms with Crippen LogP contribution < -0.4 is 10.6 Å². The van der Waals surface area contributed by atoms with Crippen LogP contribution in [0.2, 0.25) is 0 Å². The van der Waals surface area contributed by atoms with E-state index in [4.69, 9.17) is 4.74 Å². The molecular weight excluding hydrogens is 218 g/mol. The van der Waals surface area contributed by atoms with Crippen LogP contribution in [0.3, 0.4) is 0 Å². The number of ether oxygens (including phenoxy) is 1. The summed E-state index contributed by atoms with van der Waals surface area (Å²) in [6.07, 6.45) is 1.18. The highest BCUT2D eigenvalue weighted by Gasteiger charge is 2.23. The van der Waals surface area contributed by atoms with Crippen LogP contribution >= 0.6 is 0 Å². The van der Waals surface area contributed by atoms with Gasteiger partial charge in [-0.15, -0.1) is 0 Å². The Morgan fingerprint density at radius 1 is 1.59 bits per heavy atom. The summed E-state index contributed by atoms with van der Waals surface area (Å²) < 4.78 is 4.99. The van der Waals surface area contributed by atoms with E-state index in [9.17, 15) is 4.79 Å². The van der Waals surface area contributed by atoms with Crippen LogP contribution in [-0.2, 0) is 9.53 Å². The van der Waals surface area contributed by atoms with E-state index in [0.717, 1.165) is 19.6 Å². The molecule has 100 valence electrons. The van der Waals surface area contributed by atoms with Gasteiger partial charge in [0.15, 0.2) is 0 Å². The van der Waals surface area contributed by atoms with Crippen LogP contribution in [0.4, 0.5) is 0 Å². The van der Waals surface area contributed by atoms with Gasteiger partial charge in [-0.3, -0.25) is 9.69 Å². The summed E-state index contributed by atoms with van der Waals surface area (Å²) in [5.74, 6) is 0.781. The van der Waals surface area contributed by atoms with Crippen molar-refractivity contribution in [2.24, 2.45) is 5.92 Å². The van der Waals surface area contributed by atoms with Crippen molar-refractivity contribution < 1.29 is 9.53 Å². The maximum atomic E-state index is 11.7. The summed E-state index contributed by atoms with van der Waals surface area (Å²) in [6.45, 7) is 6.11. The Hall–Kier alpha value is -0.650. The molecule has 2 unspecified atom stereocenters. The SMILES string of the molecule is CNCC1CCN(CC(=O)NC(C)COC)C1. The first-order chi connectivity index (χ1) is 8.15. The van der Waals surface area contributed by atoms with Gasteiger partial charge in [-0.1, -0.05) is 0 Å². The Balaban J connectivity index is 2.19. The molecule has 0 aromatic heterocycles. The van der Waals surface area contributed by atoms with Crippen molar-refractivity contribution in [1.82, 2.24) is 15.5 Å². The van der Waals surface area contributed by atoms with Gasteiger partial charge in [0, 0.05) is 19.7 Å². The van der Waals surface area contributed by atoms with Crippen LogP contribution in [-0.4, -0.2) is 63.8 Å². The largest absolute Gasteiger partial charge is 0.383 e. The maximum Gasteiger partial charge on any atom is 0.234 e. The zero-order chi connectivity index (χ0) is 12.7. The second kappa shape index (κ2) is 7.63. The van der Waals surface area contributed by atoms with Gasteiger partial charge in [0.1, 0.15) is 0 Å². The fraction of sp³-hybridized carbons (Fsp3) is 0.917. The molecule has 1 fully saturated rings. The Morgan fingerprint density at radius 2 is 2.35 bits per heavy atom. The molecule has 0 saturated carbocycles. The molecule has 1 aliphatic heterocycles. The number of amides is 1. The topological polar surface area (TPSA) is 53.6 Å². The van der Waals surface area contributed by atoms with Gasteiger partial charge in [0.2, 0.25) is 5.91 Å². The van der Waals surface area contributed by atoms with Crippen LogP contribution in [0.15, 0.2) is 0 Å². The normalized spacial score (nSPS) is 22.6. The highest BCUT2D eigenvalue weighted by atomic mass is 16.5. The lowest BCUT2D eigenvalue weighted by Gasteiger charge is -2.18. The lowest BCUT2D eigenvalue weighted by atomic mass is 10.1. The highest BCUT2D eigenvalue weighted by molar-refractivity contribution is 5.78. The van der Waals surface area contributed by atoms with Gasteiger partial charge < -0.3 is 15.4 Å². The van der Waals surface area contributed by atoms with E-state index in [-0.39, 0.29) is 11.9 Å². The van der Waals surface area contributed by atoms with Crippen molar-refractivity contribution >= 4 is 5.91 Å². The molecular formula is C12H25N3O2. The summed E-state index contributed by atoms with van der Waals surface area (Å²) in [5, 5.41) is 6.12.